The van der Waals surface area contributed by atoms with E-state index in [1.54, 1.807) is 6.08 Å². The normalized spacial score (nSPS) is 16.9. The first-order chi connectivity index (χ1) is 12.1. The molecule has 1 atom stereocenters. The van der Waals surface area contributed by atoms with Gasteiger partial charge in [0, 0.05) is 6.04 Å². The Balaban J connectivity index is 1.95. The Hall–Kier alpha value is -2.10. The van der Waals surface area contributed by atoms with Crippen molar-refractivity contribution in [2.24, 2.45) is 5.92 Å². The van der Waals surface area contributed by atoms with Gasteiger partial charge in [-0.1, -0.05) is 51.8 Å². The molecule has 3 rings (SSSR count). The predicted molar refractivity (Wildman–Crippen MR) is 103 cm³/mol. The number of para-hydroxylation sites is 2. The highest BCUT2D eigenvalue weighted by molar-refractivity contribution is 5.85. The molecule has 1 aliphatic carbocycles. The van der Waals surface area contributed by atoms with Crippen molar-refractivity contribution in [2.75, 3.05) is 0 Å². The molecule has 0 bridgehead atoms. The zero-order chi connectivity index (χ0) is 17.8. The number of aromatic nitrogens is 2. The zero-order valence-electron chi connectivity index (χ0n) is 15.4. The van der Waals surface area contributed by atoms with E-state index in [2.05, 4.69) is 35.3 Å². The Morgan fingerprint density at radius 1 is 1.32 bits per heavy atom. The lowest BCUT2D eigenvalue weighted by molar-refractivity contribution is -0.125. The summed E-state index contributed by atoms with van der Waals surface area (Å²) in [7, 11) is 0. The molecule has 2 aromatic rings. The van der Waals surface area contributed by atoms with Crippen LogP contribution >= 0.6 is 0 Å². The molecule has 4 heteroatoms. The number of carbonyl (C=O) groups is 1. The second-order valence-corrected chi connectivity index (χ2v) is 7.52. The largest absolute Gasteiger partial charge is 0.352 e. The average Bonchev–Trinajstić information content (AvgIpc) is 2.98. The highest BCUT2D eigenvalue weighted by atomic mass is 16.2. The molecule has 0 aliphatic heterocycles. The monoisotopic (exact) mass is 339 g/mol. The third-order valence-electron chi connectivity index (χ3n) is 5.07. The summed E-state index contributed by atoms with van der Waals surface area (Å²) in [5, 5.41) is 3.31. The van der Waals surface area contributed by atoms with Crippen LogP contribution in [0.1, 0.15) is 64.2 Å². The summed E-state index contributed by atoms with van der Waals surface area (Å²) >= 11 is 0. The van der Waals surface area contributed by atoms with Gasteiger partial charge in [-0.25, -0.2) is 4.98 Å². The third kappa shape index (κ3) is 3.94. The van der Waals surface area contributed by atoms with Gasteiger partial charge < -0.3 is 9.88 Å². The number of fused-ring (bicyclic) bond motifs is 1. The molecule has 1 aromatic heterocycles. The SMILES string of the molecule is C=Cc1nc2ccccc2n1C(CC(C)C)C(=O)NC1CCCCC1. The number of imidazole rings is 1. The number of amides is 1. The van der Waals surface area contributed by atoms with Gasteiger partial charge in [0.25, 0.3) is 0 Å². The van der Waals surface area contributed by atoms with Crippen molar-refractivity contribution in [2.45, 2.75) is 64.5 Å². The summed E-state index contributed by atoms with van der Waals surface area (Å²) in [5.41, 5.74) is 1.92. The molecule has 1 aromatic carbocycles. The number of hydrogen-bond acceptors (Lipinski definition) is 2. The van der Waals surface area contributed by atoms with E-state index in [1.807, 2.05) is 24.3 Å². The smallest absolute Gasteiger partial charge is 0.243 e. The number of carbonyl (C=O) groups excluding carboxylic acids is 1. The van der Waals surface area contributed by atoms with E-state index < -0.39 is 0 Å². The van der Waals surface area contributed by atoms with E-state index in [0.29, 0.717) is 12.0 Å². The summed E-state index contributed by atoms with van der Waals surface area (Å²) in [4.78, 5) is 17.8. The van der Waals surface area contributed by atoms with E-state index >= 15 is 0 Å². The van der Waals surface area contributed by atoms with E-state index in [4.69, 9.17) is 0 Å². The van der Waals surface area contributed by atoms with Gasteiger partial charge in [-0.05, 0) is 43.4 Å². The van der Waals surface area contributed by atoms with Crippen molar-refractivity contribution < 1.29 is 4.79 Å². The number of nitrogens with one attached hydrogen (secondary N) is 1. The van der Waals surface area contributed by atoms with Crippen LogP contribution in [0.25, 0.3) is 17.1 Å². The lowest BCUT2D eigenvalue weighted by atomic mass is 9.94. The maximum absolute atomic E-state index is 13.2. The molecule has 1 fully saturated rings. The molecule has 1 saturated carbocycles. The minimum atomic E-state index is -0.248. The van der Waals surface area contributed by atoms with Crippen LogP contribution in [-0.2, 0) is 4.79 Å². The first-order valence-corrected chi connectivity index (χ1v) is 9.50. The van der Waals surface area contributed by atoms with Crippen LogP contribution in [0.15, 0.2) is 30.8 Å². The van der Waals surface area contributed by atoms with Crippen molar-refractivity contribution in [1.82, 2.24) is 14.9 Å². The quantitative estimate of drug-likeness (QED) is 0.828. The van der Waals surface area contributed by atoms with Crippen LogP contribution in [0.3, 0.4) is 0 Å². The van der Waals surface area contributed by atoms with Crippen molar-refractivity contribution >= 4 is 23.0 Å². The van der Waals surface area contributed by atoms with E-state index in [-0.39, 0.29) is 11.9 Å². The van der Waals surface area contributed by atoms with Crippen LogP contribution in [0.4, 0.5) is 0 Å². The van der Waals surface area contributed by atoms with Crippen molar-refractivity contribution in [3.8, 4) is 0 Å². The van der Waals surface area contributed by atoms with Gasteiger partial charge in [0.2, 0.25) is 5.91 Å². The molecule has 0 radical (unpaired) electrons. The molecule has 134 valence electrons. The molecule has 25 heavy (non-hydrogen) atoms. The topological polar surface area (TPSA) is 46.9 Å². The fourth-order valence-electron chi connectivity index (χ4n) is 3.86. The Morgan fingerprint density at radius 3 is 2.72 bits per heavy atom. The third-order valence-corrected chi connectivity index (χ3v) is 5.07. The maximum atomic E-state index is 13.2. The van der Waals surface area contributed by atoms with Gasteiger partial charge >= 0.3 is 0 Å². The predicted octanol–water partition coefficient (Wildman–Crippen LogP) is 4.72. The van der Waals surface area contributed by atoms with Crippen LogP contribution < -0.4 is 5.32 Å². The van der Waals surface area contributed by atoms with E-state index in [0.717, 1.165) is 36.1 Å². The molecule has 0 spiro atoms. The Kier molecular flexibility index (Phi) is 5.57. The fraction of sp³-hybridized carbons (Fsp3) is 0.524. The number of benzene rings is 1. The van der Waals surface area contributed by atoms with Crippen LogP contribution in [0.5, 0.6) is 0 Å². The van der Waals surface area contributed by atoms with Crippen molar-refractivity contribution in [3.05, 3.63) is 36.7 Å². The first-order valence-electron chi connectivity index (χ1n) is 9.50. The minimum Gasteiger partial charge on any atom is -0.352 e. The Bertz CT molecular complexity index is 741. The molecule has 1 heterocycles. The number of nitrogens with zero attached hydrogens (tertiary/aromatic N) is 2. The molecule has 0 saturated heterocycles. The van der Waals surface area contributed by atoms with E-state index in [9.17, 15) is 4.79 Å². The van der Waals surface area contributed by atoms with Crippen molar-refractivity contribution in [3.63, 3.8) is 0 Å². The molecular weight excluding hydrogens is 310 g/mol. The second-order valence-electron chi connectivity index (χ2n) is 7.52. The van der Waals surface area contributed by atoms with Crippen LogP contribution in [0, 0.1) is 5.92 Å². The Labute approximate surface area is 150 Å². The summed E-state index contributed by atoms with van der Waals surface area (Å²) in [6.45, 7) is 8.23. The van der Waals surface area contributed by atoms with Gasteiger partial charge in [-0.2, -0.15) is 0 Å². The molecule has 1 aliphatic rings. The second kappa shape index (κ2) is 7.85. The molecule has 1 N–H and O–H groups in total. The minimum absolute atomic E-state index is 0.117. The molecular formula is C21H29N3O. The number of rotatable bonds is 6. The standard InChI is InChI=1S/C21H29N3O/c1-4-20-23-17-12-8-9-13-18(17)24(20)19(14-15(2)3)21(25)22-16-10-6-5-7-11-16/h4,8-9,12-13,15-16,19H,1,5-7,10-11,14H2,2-3H3,(H,22,25). The summed E-state index contributed by atoms with van der Waals surface area (Å²) in [6.07, 6.45) is 8.45. The lowest BCUT2D eigenvalue weighted by Crippen LogP contribution is -2.41. The van der Waals surface area contributed by atoms with Gasteiger partial charge in [-0.3, -0.25) is 4.79 Å². The van der Waals surface area contributed by atoms with Crippen molar-refractivity contribution in [1.29, 1.82) is 0 Å². The zero-order valence-corrected chi connectivity index (χ0v) is 15.4. The average molecular weight is 339 g/mol. The fourth-order valence-corrected chi connectivity index (χ4v) is 3.86. The Morgan fingerprint density at radius 2 is 2.04 bits per heavy atom. The summed E-state index contributed by atoms with van der Waals surface area (Å²) in [5.74, 6) is 1.30. The highest BCUT2D eigenvalue weighted by Crippen LogP contribution is 2.27. The first kappa shape index (κ1) is 17.7. The van der Waals surface area contributed by atoms with Gasteiger partial charge in [0.15, 0.2) is 0 Å². The van der Waals surface area contributed by atoms with Crippen LogP contribution in [0.2, 0.25) is 0 Å². The van der Waals surface area contributed by atoms with Gasteiger partial charge in [-0.15, -0.1) is 0 Å². The summed E-state index contributed by atoms with van der Waals surface area (Å²) in [6, 6.07) is 8.08. The summed E-state index contributed by atoms with van der Waals surface area (Å²) < 4.78 is 2.07. The maximum Gasteiger partial charge on any atom is 0.243 e. The molecule has 1 amide bonds. The van der Waals surface area contributed by atoms with Gasteiger partial charge in [0.1, 0.15) is 11.9 Å². The van der Waals surface area contributed by atoms with E-state index in [1.165, 1.54) is 19.3 Å². The molecule has 4 nitrogen and oxygen atoms in total. The highest BCUT2D eigenvalue weighted by Gasteiger charge is 2.27. The number of hydrogen-bond donors (Lipinski definition) is 1. The van der Waals surface area contributed by atoms with Gasteiger partial charge in [0.05, 0.1) is 11.0 Å². The lowest BCUT2D eigenvalue weighted by Gasteiger charge is -2.27. The van der Waals surface area contributed by atoms with Crippen LogP contribution in [-0.4, -0.2) is 21.5 Å². The molecule has 1 unspecified atom stereocenters.